The first-order valence-corrected chi connectivity index (χ1v) is 5.00. The van der Waals surface area contributed by atoms with Crippen molar-refractivity contribution in [2.75, 3.05) is 7.11 Å². The van der Waals surface area contributed by atoms with Crippen LogP contribution in [0.15, 0.2) is 24.3 Å². The quantitative estimate of drug-likeness (QED) is 0.769. The Morgan fingerprint density at radius 3 is 2.62 bits per heavy atom. The van der Waals surface area contributed by atoms with E-state index < -0.39 is 0 Å². The Balaban J connectivity index is 2.08. The highest BCUT2D eigenvalue weighted by Gasteiger charge is 2.01. The Labute approximate surface area is 94.0 Å². The largest absolute Gasteiger partial charge is 0.497 e. The molecule has 0 aliphatic heterocycles. The minimum Gasteiger partial charge on any atom is -0.497 e. The average Bonchev–Trinajstić information content (AvgIpc) is 2.78. The summed E-state index contributed by atoms with van der Waals surface area (Å²) >= 11 is 0. The number of tetrazole rings is 1. The first kappa shape index (κ1) is 10.6. The molecule has 1 aromatic heterocycles. The number of benzene rings is 1. The predicted molar refractivity (Wildman–Crippen MR) is 59.0 cm³/mol. The standard InChI is InChI=1S/C11H13N4O/c1-3-11-12-14-15(13-11)8-9-4-6-10(16-2)7-5-9/h4-7H,1,3,8H2,2H3. The molecule has 0 amide bonds. The van der Waals surface area contributed by atoms with Gasteiger partial charge in [-0.2, -0.15) is 4.80 Å². The van der Waals surface area contributed by atoms with E-state index in [0.717, 1.165) is 11.3 Å². The zero-order chi connectivity index (χ0) is 11.4. The summed E-state index contributed by atoms with van der Waals surface area (Å²) in [6.45, 7) is 4.31. The molecule has 0 unspecified atom stereocenters. The summed E-state index contributed by atoms with van der Waals surface area (Å²) in [4.78, 5) is 1.56. The first-order valence-electron chi connectivity index (χ1n) is 5.00. The molecule has 16 heavy (non-hydrogen) atoms. The van der Waals surface area contributed by atoms with Crippen LogP contribution in [0.3, 0.4) is 0 Å². The predicted octanol–water partition coefficient (Wildman–Crippen LogP) is 1.11. The van der Waals surface area contributed by atoms with E-state index in [9.17, 15) is 0 Å². The molecular formula is C11H13N4O. The summed E-state index contributed by atoms with van der Waals surface area (Å²) in [5.41, 5.74) is 1.11. The molecule has 0 spiro atoms. The molecule has 0 fully saturated rings. The molecule has 0 aliphatic carbocycles. The lowest BCUT2D eigenvalue weighted by Crippen LogP contribution is -2.04. The molecule has 83 valence electrons. The van der Waals surface area contributed by atoms with Gasteiger partial charge in [-0.3, -0.25) is 0 Å². The number of rotatable bonds is 4. The van der Waals surface area contributed by atoms with Crippen LogP contribution < -0.4 is 4.74 Å². The van der Waals surface area contributed by atoms with Crippen molar-refractivity contribution >= 4 is 0 Å². The van der Waals surface area contributed by atoms with Gasteiger partial charge < -0.3 is 4.74 Å². The van der Waals surface area contributed by atoms with Gasteiger partial charge in [-0.05, 0) is 29.8 Å². The molecule has 1 heterocycles. The van der Waals surface area contributed by atoms with Gasteiger partial charge in [0.25, 0.3) is 0 Å². The van der Waals surface area contributed by atoms with Crippen molar-refractivity contribution in [1.82, 2.24) is 20.2 Å². The molecule has 0 bridgehead atoms. The van der Waals surface area contributed by atoms with E-state index in [4.69, 9.17) is 4.74 Å². The van der Waals surface area contributed by atoms with E-state index in [1.54, 1.807) is 11.9 Å². The summed E-state index contributed by atoms with van der Waals surface area (Å²) in [5.74, 6) is 1.50. The van der Waals surface area contributed by atoms with Crippen molar-refractivity contribution in [3.05, 3.63) is 42.6 Å². The Morgan fingerprint density at radius 1 is 1.31 bits per heavy atom. The Kier molecular flexibility index (Phi) is 3.14. The van der Waals surface area contributed by atoms with Crippen molar-refractivity contribution < 1.29 is 4.74 Å². The lowest BCUT2D eigenvalue weighted by Gasteiger charge is -2.01. The maximum absolute atomic E-state index is 5.08. The minimum absolute atomic E-state index is 0.558. The van der Waals surface area contributed by atoms with Gasteiger partial charge in [-0.15, -0.1) is 10.2 Å². The highest BCUT2D eigenvalue weighted by Crippen LogP contribution is 2.11. The smallest absolute Gasteiger partial charge is 0.174 e. The van der Waals surface area contributed by atoms with Crippen molar-refractivity contribution in [3.63, 3.8) is 0 Å². The van der Waals surface area contributed by atoms with Gasteiger partial charge in [0.15, 0.2) is 5.82 Å². The number of methoxy groups -OCH3 is 1. The van der Waals surface area contributed by atoms with E-state index in [1.807, 2.05) is 24.3 Å². The van der Waals surface area contributed by atoms with Crippen LogP contribution in [-0.2, 0) is 13.0 Å². The van der Waals surface area contributed by atoms with E-state index >= 15 is 0 Å². The summed E-state index contributed by atoms with van der Waals surface area (Å²) in [5, 5.41) is 12.0. The summed E-state index contributed by atoms with van der Waals surface area (Å²) < 4.78 is 5.08. The fourth-order valence-corrected chi connectivity index (χ4v) is 1.34. The van der Waals surface area contributed by atoms with Crippen molar-refractivity contribution in [2.45, 2.75) is 13.0 Å². The molecule has 0 N–H and O–H groups in total. The molecule has 2 rings (SSSR count). The van der Waals surface area contributed by atoms with Crippen molar-refractivity contribution in [3.8, 4) is 5.75 Å². The Hall–Kier alpha value is -1.91. The molecule has 1 aromatic carbocycles. The zero-order valence-corrected chi connectivity index (χ0v) is 9.13. The normalized spacial score (nSPS) is 10.4. The highest BCUT2D eigenvalue weighted by atomic mass is 16.5. The van der Waals surface area contributed by atoms with Crippen molar-refractivity contribution in [2.24, 2.45) is 0 Å². The second-order valence-electron chi connectivity index (χ2n) is 3.33. The van der Waals surface area contributed by atoms with Crippen LogP contribution in [0.1, 0.15) is 11.4 Å². The van der Waals surface area contributed by atoms with E-state index in [-0.39, 0.29) is 0 Å². The molecule has 2 aromatic rings. The van der Waals surface area contributed by atoms with Crippen LogP contribution in [0.5, 0.6) is 5.75 Å². The molecule has 5 heteroatoms. The first-order chi connectivity index (χ1) is 7.81. The molecule has 0 saturated carbocycles. The summed E-state index contributed by atoms with van der Waals surface area (Å²) in [6, 6.07) is 7.78. The van der Waals surface area contributed by atoms with E-state index in [2.05, 4.69) is 22.3 Å². The number of nitrogens with zero attached hydrogens (tertiary/aromatic N) is 4. The number of hydrogen-bond donors (Lipinski definition) is 0. The lowest BCUT2D eigenvalue weighted by atomic mass is 10.2. The number of ether oxygens (including phenoxy) is 1. The monoisotopic (exact) mass is 217 g/mol. The zero-order valence-electron chi connectivity index (χ0n) is 9.13. The lowest BCUT2D eigenvalue weighted by molar-refractivity contribution is 0.414. The number of aromatic nitrogens is 4. The van der Waals surface area contributed by atoms with Gasteiger partial charge in [0.2, 0.25) is 0 Å². The van der Waals surface area contributed by atoms with Crippen LogP contribution in [-0.4, -0.2) is 27.3 Å². The topological polar surface area (TPSA) is 52.8 Å². The minimum atomic E-state index is 0.558. The number of hydrogen-bond acceptors (Lipinski definition) is 4. The van der Waals surface area contributed by atoms with Gasteiger partial charge in [-0.1, -0.05) is 12.1 Å². The fourth-order valence-electron chi connectivity index (χ4n) is 1.34. The molecule has 0 saturated heterocycles. The molecule has 1 radical (unpaired) electrons. The van der Waals surface area contributed by atoms with Crippen LogP contribution in [0.4, 0.5) is 0 Å². The SMILES string of the molecule is [CH2]Cc1nnn(Cc2ccc(OC)cc2)n1. The summed E-state index contributed by atoms with van der Waals surface area (Å²) in [7, 11) is 1.65. The van der Waals surface area contributed by atoms with E-state index in [0.29, 0.717) is 18.8 Å². The third kappa shape index (κ3) is 2.36. The maximum Gasteiger partial charge on any atom is 0.174 e. The second-order valence-corrected chi connectivity index (χ2v) is 3.33. The third-order valence-electron chi connectivity index (χ3n) is 2.20. The Bertz CT molecular complexity index is 449. The molecular weight excluding hydrogens is 204 g/mol. The fraction of sp³-hybridized carbons (Fsp3) is 0.273. The van der Waals surface area contributed by atoms with E-state index in [1.165, 1.54) is 0 Å². The third-order valence-corrected chi connectivity index (χ3v) is 2.20. The van der Waals surface area contributed by atoms with Gasteiger partial charge in [0.1, 0.15) is 5.75 Å². The Morgan fingerprint density at radius 2 is 2.06 bits per heavy atom. The van der Waals surface area contributed by atoms with Crippen LogP contribution in [0.25, 0.3) is 0 Å². The van der Waals surface area contributed by atoms with Gasteiger partial charge in [-0.25, -0.2) is 0 Å². The van der Waals surface area contributed by atoms with Crippen LogP contribution in [0, 0.1) is 6.92 Å². The average molecular weight is 217 g/mol. The highest BCUT2D eigenvalue weighted by molar-refractivity contribution is 5.27. The van der Waals surface area contributed by atoms with Crippen LogP contribution >= 0.6 is 0 Å². The second kappa shape index (κ2) is 4.74. The van der Waals surface area contributed by atoms with Gasteiger partial charge in [0, 0.05) is 6.42 Å². The maximum atomic E-state index is 5.08. The summed E-state index contributed by atoms with van der Waals surface area (Å²) in [6.07, 6.45) is 0.558. The van der Waals surface area contributed by atoms with Crippen molar-refractivity contribution in [1.29, 1.82) is 0 Å². The van der Waals surface area contributed by atoms with Crippen LogP contribution in [0.2, 0.25) is 0 Å². The molecule has 0 aliphatic rings. The van der Waals surface area contributed by atoms with Gasteiger partial charge in [0.05, 0.1) is 13.7 Å². The van der Waals surface area contributed by atoms with Gasteiger partial charge >= 0.3 is 0 Å². The molecule has 5 nitrogen and oxygen atoms in total. The molecule has 0 atom stereocenters.